The second kappa shape index (κ2) is 16.2. The predicted molar refractivity (Wildman–Crippen MR) is 185 cm³/mol. The van der Waals surface area contributed by atoms with Gasteiger partial charge in [-0.1, -0.05) is 23.7 Å². The minimum atomic E-state index is -4.12. The van der Waals surface area contributed by atoms with Gasteiger partial charge >= 0.3 is 0 Å². The highest BCUT2D eigenvalue weighted by atomic mass is 35.5. The van der Waals surface area contributed by atoms with Crippen molar-refractivity contribution in [2.75, 3.05) is 38.1 Å². The Morgan fingerprint density at radius 1 is 1.10 bits per heavy atom. The van der Waals surface area contributed by atoms with Gasteiger partial charge in [-0.2, -0.15) is 4.31 Å². The number of aliphatic hydroxyl groups is 1. The number of fused-ring (bicyclic) bond motifs is 1. The molecule has 16 heteroatoms. The van der Waals surface area contributed by atoms with Gasteiger partial charge in [0.1, 0.15) is 11.4 Å². The zero-order valence-corrected chi connectivity index (χ0v) is 30.9. The fourth-order valence-corrected chi connectivity index (χ4v) is 8.34. The van der Waals surface area contributed by atoms with Crippen LogP contribution in [0.15, 0.2) is 56.8 Å². The second-order valence-corrected chi connectivity index (χ2v) is 16.6. The number of likely N-dealkylation sites (N-methyl/N-ethyl adjacent to an activating group) is 1. The molecule has 49 heavy (non-hydrogen) atoms. The number of hydrogen-bond donors (Lipinski definition) is 2. The summed E-state index contributed by atoms with van der Waals surface area (Å²) in [5.74, 6) is -0.517. The molecule has 3 aromatic rings. The maximum Gasteiger partial charge on any atom is 0.267 e. The average Bonchev–Trinajstić information content (AvgIpc) is 3.40. The number of nitrogens with zero attached hydrogens (tertiary/aromatic N) is 3. The first-order chi connectivity index (χ1) is 23.0. The molecular weight excluding hydrogens is 696 g/mol. The molecule has 270 valence electrons. The summed E-state index contributed by atoms with van der Waals surface area (Å²) < 4.78 is 74.8. The molecule has 0 spiro atoms. The molecule has 0 bridgehead atoms. The topological polar surface area (TPSA) is 169 Å². The predicted octanol–water partition coefficient (Wildman–Crippen LogP) is 4.86. The van der Waals surface area contributed by atoms with Gasteiger partial charge in [-0.15, -0.1) is 0 Å². The third-order valence-corrected chi connectivity index (χ3v) is 12.2. The Morgan fingerprint density at radius 2 is 1.80 bits per heavy atom. The number of amides is 1. The number of rotatable bonds is 9. The molecular formula is C33H45ClN4O9S2. The molecule has 0 aliphatic carbocycles. The van der Waals surface area contributed by atoms with Crippen LogP contribution in [-0.2, 0) is 24.8 Å². The van der Waals surface area contributed by atoms with Gasteiger partial charge in [0.15, 0.2) is 10.7 Å². The summed E-state index contributed by atoms with van der Waals surface area (Å²) in [7, 11) is -6.53. The van der Waals surface area contributed by atoms with Crippen LogP contribution in [0.5, 0.6) is 5.75 Å². The minimum absolute atomic E-state index is 0.00535. The quantitative estimate of drug-likeness (QED) is 0.309. The van der Waals surface area contributed by atoms with Crippen molar-refractivity contribution in [2.24, 2.45) is 5.92 Å². The normalized spacial score (nSPS) is 20.7. The number of hydrogen-bond acceptors (Lipinski definition) is 10. The molecule has 1 aliphatic heterocycles. The van der Waals surface area contributed by atoms with Crippen LogP contribution < -0.4 is 9.46 Å². The zero-order chi connectivity index (χ0) is 36.1. The number of nitrogens with one attached hydrogen (secondary N) is 1. The molecule has 13 nitrogen and oxygen atoms in total. The Kier molecular flexibility index (Phi) is 12.8. The lowest BCUT2D eigenvalue weighted by Crippen LogP contribution is -2.48. The molecule has 0 saturated carbocycles. The number of aryl methyl sites for hydroxylation is 2. The molecule has 0 unspecified atom stereocenters. The second-order valence-electron chi connectivity index (χ2n) is 12.5. The molecule has 1 amide bonds. The van der Waals surface area contributed by atoms with Gasteiger partial charge in [0.05, 0.1) is 35.3 Å². The average molecular weight is 741 g/mol. The summed E-state index contributed by atoms with van der Waals surface area (Å²) in [6.45, 7) is 8.54. The lowest BCUT2D eigenvalue weighted by Gasteiger charge is -2.35. The maximum absolute atomic E-state index is 14.4. The number of carbonyl (C=O) groups is 1. The minimum Gasteiger partial charge on any atom is -0.490 e. The first-order valence-corrected chi connectivity index (χ1v) is 19.4. The highest BCUT2D eigenvalue weighted by Crippen LogP contribution is 2.31. The number of anilines is 1. The Balaban J connectivity index is 1.69. The standard InChI is InChI=1S/C33H45ClN4O9S2/c1-21-18-38(22(2)20-39)33(40)29-17-27(36-48(41,42)32-24(4)35-47-25(32)5)12-15-30(29)46-23(3)9-7-8-16-45-31(21)19-37(6)49(43,44)28-13-10-26(34)11-14-28/h10-15,17,21-23,31,36,39H,7-9,16,18-20H2,1-6H3/t21-,22+,23+,31-/m1/s1. The molecule has 2 N–H and O–H groups in total. The summed E-state index contributed by atoms with van der Waals surface area (Å²) >= 11 is 5.98. The summed E-state index contributed by atoms with van der Waals surface area (Å²) in [4.78, 5) is 15.9. The molecule has 1 aliphatic rings. The number of carbonyl (C=O) groups excluding carboxylic acids is 1. The lowest BCUT2D eigenvalue weighted by molar-refractivity contribution is -0.00833. The van der Waals surface area contributed by atoms with Crippen molar-refractivity contribution in [1.29, 1.82) is 0 Å². The largest absolute Gasteiger partial charge is 0.490 e. The smallest absolute Gasteiger partial charge is 0.267 e. The van der Waals surface area contributed by atoms with E-state index >= 15 is 0 Å². The van der Waals surface area contributed by atoms with E-state index in [4.69, 9.17) is 25.6 Å². The van der Waals surface area contributed by atoms with Crippen LogP contribution in [-0.4, -0.2) is 93.8 Å². The summed E-state index contributed by atoms with van der Waals surface area (Å²) in [6.07, 6.45) is 1.16. The fraction of sp³-hybridized carbons (Fsp3) is 0.515. The van der Waals surface area contributed by atoms with Gasteiger partial charge in [-0.25, -0.2) is 16.8 Å². The van der Waals surface area contributed by atoms with E-state index in [1.807, 2.05) is 13.8 Å². The first kappa shape index (κ1) is 38.6. The summed E-state index contributed by atoms with van der Waals surface area (Å²) in [6, 6.07) is 9.73. The van der Waals surface area contributed by atoms with Gasteiger partial charge in [0.2, 0.25) is 10.0 Å². The van der Waals surface area contributed by atoms with E-state index in [1.165, 1.54) is 66.5 Å². The van der Waals surface area contributed by atoms with Crippen molar-refractivity contribution < 1.29 is 40.7 Å². The van der Waals surface area contributed by atoms with Crippen LogP contribution in [0, 0.1) is 19.8 Å². The van der Waals surface area contributed by atoms with Crippen LogP contribution in [0.25, 0.3) is 0 Å². The van der Waals surface area contributed by atoms with Crippen LogP contribution in [0.1, 0.15) is 61.8 Å². The van der Waals surface area contributed by atoms with Crippen molar-refractivity contribution in [1.82, 2.24) is 14.4 Å². The van der Waals surface area contributed by atoms with E-state index in [1.54, 1.807) is 13.0 Å². The van der Waals surface area contributed by atoms with E-state index < -0.39 is 44.0 Å². The van der Waals surface area contributed by atoms with Gasteiger partial charge in [-0.05, 0) is 89.4 Å². The van der Waals surface area contributed by atoms with Crippen LogP contribution in [0.4, 0.5) is 5.69 Å². The number of aliphatic hydroxyl groups excluding tert-OH is 1. The van der Waals surface area contributed by atoms with E-state index in [0.717, 1.165) is 6.42 Å². The Morgan fingerprint density at radius 3 is 2.43 bits per heavy atom. The molecule has 0 fully saturated rings. The van der Waals surface area contributed by atoms with Crippen LogP contribution >= 0.6 is 11.6 Å². The molecule has 4 atom stereocenters. The Labute approximate surface area is 293 Å². The zero-order valence-electron chi connectivity index (χ0n) is 28.5. The molecule has 1 aromatic heterocycles. The monoisotopic (exact) mass is 740 g/mol. The lowest BCUT2D eigenvalue weighted by atomic mass is 10.0. The molecule has 2 aromatic carbocycles. The Bertz CT molecular complexity index is 1800. The number of aromatic nitrogens is 1. The highest BCUT2D eigenvalue weighted by molar-refractivity contribution is 7.92. The molecule has 4 rings (SSSR count). The van der Waals surface area contributed by atoms with Crippen molar-refractivity contribution in [3.63, 3.8) is 0 Å². The highest BCUT2D eigenvalue weighted by Gasteiger charge is 2.33. The van der Waals surface area contributed by atoms with E-state index in [2.05, 4.69) is 9.88 Å². The Hall–Kier alpha value is -3.21. The number of sulfonamides is 2. The molecule has 0 saturated heterocycles. The van der Waals surface area contributed by atoms with Gasteiger partial charge in [-0.3, -0.25) is 9.52 Å². The molecule has 0 radical (unpaired) electrons. The van der Waals surface area contributed by atoms with Crippen molar-refractivity contribution in [3.05, 3.63) is 64.5 Å². The third-order valence-electron chi connectivity index (χ3n) is 8.50. The van der Waals surface area contributed by atoms with E-state index in [9.17, 15) is 26.7 Å². The van der Waals surface area contributed by atoms with E-state index in [0.29, 0.717) is 24.5 Å². The SMILES string of the molecule is Cc1noc(C)c1S(=O)(=O)Nc1ccc2c(c1)C(=O)N([C@@H](C)CO)C[C@@H](C)[C@@H](CN(C)S(=O)(=O)c1ccc(Cl)cc1)OCCCC[C@H](C)O2. The van der Waals surface area contributed by atoms with Gasteiger partial charge < -0.3 is 24.0 Å². The first-order valence-electron chi connectivity index (χ1n) is 16.1. The summed E-state index contributed by atoms with van der Waals surface area (Å²) in [5.41, 5.74) is 0.400. The third kappa shape index (κ3) is 9.32. The van der Waals surface area contributed by atoms with Crippen molar-refractivity contribution in [3.8, 4) is 5.75 Å². The fourth-order valence-electron chi connectivity index (χ4n) is 5.65. The molecule has 2 heterocycles. The van der Waals surface area contributed by atoms with Gasteiger partial charge in [0.25, 0.3) is 15.9 Å². The van der Waals surface area contributed by atoms with Crippen molar-refractivity contribution in [2.45, 2.75) is 81.9 Å². The van der Waals surface area contributed by atoms with Crippen LogP contribution in [0.3, 0.4) is 0 Å². The van der Waals surface area contributed by atoms with E-state index in [-0.39, 0.29) is 64.0 Å². The van der Waals surface area contributed by atoms with Gasteiger partial charge in [0, 0.05) is 43.4 Å². The summed E-state index contributed by atoms with van der Waals surface area (Å²) in [5, 5.41) is 14.4. The van der Waals surface area contributed by atoms with Crippen LogP contribution in [0.2, 0.25) is 5.02 Å². The van der Waals surface area contributed by atoms with Crippen molar-refractivity contribution >= 4 is 43.2 Å². The number of ether oxygens (including phenoxy) is 2. The number of halogens is 1. The maximum atomic E-state index is 14.4. The number of benzene rings is 2.